The van der Waals surface area contributed by atoms with Crippen molar-refractivity contribution in [2.75, 3.05) is 7.05 Å². The average molecular weight is 155 g/mol. The van der Waals surface area contributed by atoms with Crippen LogP contribution in [0, 0.1) is 0 Å². The largest absolute Gasteiger partial charge is 0.335 e. The summed E-state index contributed by atoms with van der Waals surface area (Å²) in [5.74, 6) is 4.87. The van der Waals surface area contributed by atoms with Crippen molar-refractivity contribution in [3.8, 4) is 0 Å². The van der Waals surface area contributed by atoms with Gasteiger partial charge in [-0.15, -0.1) is 0 Å². The van der Waals surface area contributed by atoms with E-state index in [0.717, 1.165) is 5.70 Å². The van der Waals surface area contributed by atoms with Gasteiger partial charge < -0.3 is 10.7 Å². The Labute approximate surface area is 68.9 Å². The van der Waals surface area contributed by atoms with Gasteiger partial charge in [0.1, 0.15) is 6.34 Å². The molecule has 0 atom stereocenters. The van der Waals surface area contributed by atoms with Crippen LogP contribution in [0.3, 0.4) is 0 Å². The first-order chi connectivity index (χ1) is 5.22. The third kappa shape index (κ3) is 6.64. The Balaban J connectivity index is 0. The normalized spacial score (nSPS) is 8.27. The van der Waals surface area contributed by atoms with E-state index in [1.54, 1.807) is 18.0 Å². The maximum absolute atomic E-state index is 4.87. The van der Waals surface area contributed by atoms with Crippen molar-refractivity contribution >= 4 is 6.34 Å². The predicted molar refractivity (Wildman–Crippen MR) is 51.1 cm³/mol. The topological polar surface area (TPSA) is 41.6 Å². The van der Waals surface area contributed by atoms with Crippen LogP contribution in [-0.4, -0.2) is 18.3 Å². The summed E-state index contributed by atoms with van der Waals surface area (Å²) in [7, 11) is 1.79. The van der Waals surface area contributed by atoms with E-state index in [9.17, 15) is 0 Å². The highest BCUT2D eigenvalue weighted by molar-refractivity contribution is 5.57. The molecule has 0 saturated carbocycles. The van der Waals surface area contributed by atoms with E-state index >= 15 is 0 Å². The molecule has 0 aliphatic carbocycles. The first-order valence-electron chi connectivity index (χ1n) is 3.50. The van der Waals surface area contributed by atoms with E-state index in [1.165, 1.54) is 6.34 Å². The number of hydrogen-bond donors (Lipinski definition) is 1. The summed E-state index contributed by atoms with van der Waals surface area (Å²) in [6.45, 7) is 11.2. The summed E-state index contributed by atoms with van der Waals surface area (Å²) in [5, 5.41) is 3.30. The second-order valence-electron chi connectivity index (χ2n) is 1.57. The van der Waals surface area contributed by atoms with Crippen LogP contribution in [-0.2, 0) is 0 Å². The zero-order valence-electron chi connectivity index (χ0n) is 7.54. The van der Waals surface area contributed by atoms with E-state index < -0.39 is 0 Å². The van der Waals surface area contributed by atoms with E-state index in [-0.39, 0.29) is 0 Å². The fraction of sp³-hybridized carbons (Fsp3) is 0.375. The van der Waals surface area contributed by atoms with Crippen molar-refractivity contribution < 1.29 is 0 Å². The molecular formula is C8H17N3. The van der Waals surface area contributed by atoms with Crippen LogP contribution in [0.25, 0.3) is 0 Å². The molecule has 0 heterocycles. The van der Waals surface area contributed by atoms with Crippen LogP contribution in [0.2, 0.25) is 0 Å². The molecule has 0 aliphatic heterocycles. The van der Waals surface area contributed by atoms with Gasteiger partial charge >= 0.3 is 0 Å². The molecule has 0 radical (unpaired) electrons. The minimum absolute atomic E-state index is 0.768. The number of nitrogens with two attached hydrogens (primary N) is 1. The molecule has 0 saturated heterocycles. The molecule has 0 aromatic rings. The van der Waals surface area contributed by atoms with Crippen LogP contribution in [0.4, 0.5) is 0 Å². The predicted octanol–water partition coefficient (Wildman–Crippen LogP) is 1.55. The van der Waals surface area contributed by atoms with E-state index in [2.05, 4.69) is 18.3 Å². The Morgan fingerprint density at radius 1 is 1.55 bits per heavy atom. The van der Waals surface area contributed by atoms with Gasteiger partial charge in [0.2, 0.25) is 0 Å². The van der Waals surface area contributed by atoms with Crippen molar-refractivity contribution in [3.63, 3.8) is 0 Å². The Morgan fingerprint density at radius 2 is 2.00 bits per heavy atom. The summed E-state index contributed by atoms with van der Waals surface area (Å²) in [4.78, 5) is 1.67. The summed E-state index contributed by atoms with van der Waals surface area (Å²) in [6, 6.07) is 0. The Morgan fingerprint density at radius 3 is 2.27 bits per heavy atom. The highest BCUT2D eigenvalue weighted by Crippen LogP contribution is 1.93. The molecule has 64 valence electrons. The fourth-order valence-corrected chi connectivity index (χ4v) is 0.318. The van der Waals surface area contributed by atoms with Gasteiger partial charge in [0.05, 0.1) is 0 Å². The molecule has 0 aromatic heterocycles. The molecule has 3 heteroatoms. The molecule has 0 spiro atoms. The molecule has 0 aromatic carbocycles. The molecule has 0 bridgehead atoms. The Kier molecular flexibility index (Phi) is 9.89. The molecule has 3 nitrogen and oxygen atoms in total. The maximum atomic E-state index is 4.87. The van der Waals surface area contributed by atoms with Gasteiger partial charge in [-0.3, -0.25) is 0 Å². The highest BCUT2D eigenvalue weighted by Gasteiger charge is 1.89. The quantitative estimate of drug-likeness (QED) is 0.221. The molecule has 0 rings (SSSR count). The monoisotopic (exact) mass is 155 g/mol. The SMILES string of the molecule is C=CC(=C)N(C)/C=N\N.CC. The van der Waals surface area contributed by atoms with Crippen molar-refractivity contribution in [3.05, 3.63) is 24.9 Å². The lowest BCUT2D eigenvalue weighted by molar-refractivity contribution is 0.668. The lowest BCUT2D eigenvalue weighted by Gasteiger charge is -2.10. The van der Waals surface area contributed by atoms with Crippen LogP contribution in [0.1, 0.15) is 13.8 Å². The molecule has 2 N–H and O–H groups in total. The summed E-state index contributed by atoms with van der Waals surface area (Å²) in [5.41, 5.74) is 0.768. The zero-order valence-corrected chi connectivity index (χ0v) is 7.54. The molecule has 0 aliphatic rings. The third-order valence-electron chi connectivity index (χ3n) is 0.929. The van der Waals surface area contributed by atoms with Gasteiger partial charge in [-0.05, 0) is 6.08 Å². The highest BCUT2D eigenvalue weighted by atomic mass is 15.2. The lowest BCUT2D eigenvalue weighted by Crippen LogP contribution is -2.13. The van der Waals surface area contributed by atoms with Crippen molar-refractivity contribution in [1.29, 1.82) is 0 Å². The van der Waals surface area contributed by atoms with Crippen molar-refractivity contribution in [2.45, 2.75) is 13.8 Å². The fourth-order valence-electron chi connectivity index (χ4n) is 0.318. The summed E-state index contributed by atoms with van der Waals surface area (Å²) < 4.78 is 0. The van der Waals surface area contributed by atoms with Crippen LogP contribution >= 0.6 is 0 Å². The van der Waals surface area contributed by atoms with Crippen LogP contribution in [0.5, 0.6) is 0 Å². The lowest BCUT2D eigenvalue weighted by atomic mass is 10.4. The number of likely N-dealkylation sites (N-methyl/N-ethyl adjacent to an activating group) is 1. The molecular weight excluding hydrogens is 138 g/mol. The van der Waals surface area contributed by atoms with Crippen molar-refractivity contribution in [1.82, 2.24) is 4.90 Å². The second kappa shape index (κ2) is 8.75. The molecule has 11 heavy (non-hydrogen) atoms. The van der Waals surface area contributed by atoms with Gasteiger partial charge in [-0.2, -0.15) is 5.10 Å². The van der Waals surface area contributed by atoms with Crippen LogP contribution in [0.15, 0.2) is 30.0 Å². The zero-order chi connectivity index (χ0) is 9.28. The molecule has 0 amide bonds. The summed E-state index contributed by atoms with van der Waals surface area (Å²) >= 11 is 0. The number of allylic oxidation sites excluding steroid dienone is 1. The van der Waals surface area contributed by atoms with Crippen LogP contribution < -0.4 is 5.84 Å². The van der Waals surface area contributed by atoms with Gasteiger partial charge in [-0.1, -0.05) is 27.0 Å². The molecule has 0 unspecified atom stereocenters. The van der Waals surface area contributed by atoms with Gasteiger partial charge in [0, 0.05) is 12.7 Å². The number of nitrogens with zero attached hydrogens (tertiary/aromatic N) is 2. The number of rotatable bonds is 3. The van der Waals surface area contributed by atoms with Gasteiger partial charge in [0.25, 0.3) is 0 Å². The third-order valence-corrected chi connectivity index (χ3v) is 0.929. The Hall–Kier alpha value is -1.25. The first-order valence-corrected chi connectivity index (χ1v) is 3.50. The number of hydrazone groups is 1. The minimum atomic E-state index is 0.768. The second-order valence-corrected chi connectivity index (χ2v) is 1.57. The number of hydrogen-bond acceptors (Lipinski definition) is 2. The van der Waals surface area contributed by atoms with E-state index in [0.29, 0.717) is 0 Å². The maximum Gasteiger partial charge on any atom is 0.115 e. The average Bonchev–Trinajstić information content (AvgIpc) is 2.07. The van der Waals surface area contributed by atoms with E-state index in [4.69, 9.17) is 5.84 Å². The summed E-state index contributed by atoms with van der Waals surface area (Å²) in [6.07, 6.45) is 3.09. The van der Waals surface area contributed by atoms with Gasteiger partial charge in [-0.25, -0.2) is 0 Å². The van der Waals surface area contributed by atoms with E-state index in [1.807, 2.05) is 13.8 Å². The Bertz CT molecular complexity index is 138. The van der Waals surface area contributed by atoms with Gasteiger partial charge in [0.15, 0.2) is 0 Å². The minimum Gasteiger partial charge on any atom is -0.335 e. The standard InChI is InChI=1S/C6H11N3.C2H6/c1-4-6(2)9(3)5-8-7;1-2/h4-5H,1-2,7H2,3H3;1-2H3/b8-5-;. The molecule has 0 fully saturated rings. The van der Waals surface area contributed by atoms with Crippen molar-refractivity contribution in [2.24, 2.45) is 10.9 Å². The smallest absolute Gasteiger partial charge is 0.115 e. The first kappa shape index (κ1) is 12.4.